The molecule has 6 atom stereocenters. The Morgan fingerprint density at radius 3 is 2.55 bits per heavy atom. The number of hydrogen-bond acceptors (Lipinski definition) is 10. The van der Waals surface area contributed by atoms with E-state index >= 15 is 0 Å². The van der Waals surface area contributed by atoms with E-state index < -0.39 is 64.9 Å². The number of para-hydroxylation sites is 1. The highest BCUT2D eigenvalue weighted by Gasteiger charge is 2.67. The standard InChI is InChI=1S/C44H56N10O6S2/c1-25(45)47-16-8-14-34-39(58)49-31(36(46)55)19-27-20-35(61-23-27)40-52-43(2,24-62-40)41(59)53-17-9-15-33(53)38(57)50-32(18-26-10-4-3-5-11-26)37(56)51-44(42(60)54(34)44)21-28-22-48-30-13-7-6-12-29(28)30/h6-7,12-13,20,22-23,26,31-34,48H,3-5,8-11,14-19,21,24H2,1-2H3,(H2,45,47)(H2,46,55)(H,49,58)(H,50,57)(H,51,56)/t31-,32+,33-,34-,43-,44+,54?/m0/s1. The Labute approximate surface area is 368 Å². The number of aliphatic imine (C=N–C) groups is 2. The third kappa shape index (κ3) is 8.85. The molecule has 0 radical (unpaired) electrons. The molecule has 16 nitrogen and oxygen atoms in total. The minimum absolute atomic E-state index is 0.0102. The highest BCUT2D eigenvalue weighted by atomic mass is 32.2. The number of nitrogens with zero attached hydrogens (tertiary/aromatic N) is 4. The molecule has 8 N–H and O–H groups in total. The number of thioether (sulfide) groups is 1. The van der Waals surface area contributed by atoms with Crippen molar-refractivity contribution < 1.29 is 28.8 Å². The lowest BCUT2D eigenvalue weighted by Gasteiger charge is -2.32. The summed E-state index contributed by atoms with van der Waals surface area (Å²) >= 11 is 2.87. The van der Waals surface area contributed by atoms with Crippen molar-refractivity contribution in [3.8, 4) is 0 Å². The lowest BCUT2D eigenvalue weighted by Crippen LogP contribution is -2.59. The van der Waals surface area contributed by atoms with Crippen LogP contribution in [0, 0.1) is 5.92 Å². The van der Waals surface area contributed by atoms with Crippen LogP contribution in [0.25, 0.3) is 10.9 Å². The fourth-order valence-corrected chi connectivity index (χ4v) is 11.9. The summed E-state index contributed by atoms with van der Waals surface area (Å²) in [6.45, 7) is 4.12. The van der Waals surface area contributed by atoms with Gasteiger partial charge in [-0.3, -0.25) is 43.7 Å². The van der Waals surface area contributed by atoms with Gasteiger partial charge in [0, 0.05) is 48.8 Å². The molecule has 330 valence electrons. The number of nitrogens with one attached hydrogen (secondary N) is 4. The van der Waals surface area contributed by atoms with Crippen LogP contribution >= 0.6 is 23.1 Å². The minimum atomic E-state index is -1.69. The Balaban J connectivity index is 1.20. The number of amidine groups is 1. The van der Waals surface area contributed by atoms with E-state index in [2.05, 4.69) is 25.9 Å². The molecule has 62 heavy (non-hydrogen) atoms. The zero-order chi connectivity index (χ0) is 43.8. The van der Waals surface area contributed by atoms with Gasteiger partial charge < -0.3 is 37.3 Å². The molecule has 1 saturated carbocycles. The first-order valence-corrected chi connectivity index (χ1v) is 23.6. The molecule has 3 aromatic rings. The number of thiophene rings is 1. The summed E-state index contributed by atoms with van der Waals surface area (Å²) in [7, 11) is 0. The van der Waals surface area contributed by atoms with Gasteiger partial charge in [-0.15, -0.1) is 23.1 Å². The van der Waals surface area contributed by atoms with Gasteiger partial charge in [-0.25, -0.2) is 0 Å². The second-order valence-corrected chi connectivity index (χ2v) is 19.5. The van der Waals surface area contributed by atoms with Crippen LogP contribution in [-0.2, 0) is 41.6 Å². The van der Waals surface area contributed by atoms with Gasteiger partial charge in [0.1, 0.15) is 34.8 Å². The van der Waals surface area contributed by atoms with Crippen LogP contribution < -0.4 is 27.4 Å². The van der Waals surface area contributed by atoms with E-state index in [0.29, 0.717) is 48.9 Å². The van der Waals surface area contributed by atoms with Gasteiger partial charge in [-0.1, -0.05) is 50.3 Å². The quantitative estimate of drug-likeness (QED) is 0.0807. The Hall–Kier alpha value is -5.23. The molecule has 1 aromatic carbocycles. The number of H-pyrrole nitrogens is 1. The van der Waals surface area contributed by atoms with E-state index in [9.17, 15) is 28.8 Å². The summed E-state index contributed by atoms with van der Waals surface area (Å²) < 4.78 is 0. The fourth-order valence-electron chi connectivity index (χ4n) is 9.67. The molecule has 4 bridgehead atoms. The molecule has 1 aliphatic carbocycles. The average Bonchev–Trinajstić information content (AvgIpc) is 3.94. The molecule has 2 aromatic heterocycles. The summed E-state index contributed by atoms with van der Waals surface area (Å²) in [5.41, 5.74) is 11.3. The van der Waals surface area contributed by atoms with Crippen molar-refractivity contribution in [2.75, 3.05) is 18.8 Å². The summed E-state index contributed by atoms with van der Waals surface area (Å²) in [4.78, 5) is 102. The molecule has 2 saturated heterocycles. The SMILES string of the molecule is CC(N)=NCCC[C@H]1C(=O)N[C@H](C(N)=O)Cc2csc(c2)C2=N[C@@](C)(CS2)C(=O)N2CCC[C@H]2C(=O)N[C@H](CC2CCCCC2)C(=O)N[C@@]2(Cc3c[nH]c4ccccc34)C(=O)N12. The Morgan fingerprint density at radius 2 is 1.77 bits per heavy atom. The van der Waals surface area contributed by atoms with Crippen molar-refractivity contribution in [2.45, 2.75) is 126 Å². The lowest BCUT2D eigenvalue weighted by molar-refractivity contribution is -0.142. The molecule has 0 spiro atoms. The maximum Gasteiger partial charge on any atom is 0.272 e. The number of primary amides is 1. The molecule has 8 rings (SSSR count). The fraction of sp³-hybridized carbons (Fsp3) is 0.545. The molecule has 4 aliphatic heterocycles. The third-order valence-electron chi connectivity index (χ3n) is 13.0. The monoisotopic (exact) mass is 884 g/mol. The van der Waals surface area contributed by atoms with Crippen molar-refractivity contribution in [1.82, 2.24) is 30.7 Å². The van der Waals surface area contributed by atoms with E-state index in [4.69, 9.17) is 16.5 Å². The highest BCUT2D eigenvalue weighted by Crippen LogP contribution is 2.41. The van der Waals surface area contributed by atoms with E-state index in [-0.39, 0.29) is 37.6 Å². The lowest BCUT2D eigenvalue weighted by atomic mass is 9.84. The number of nitrogens with two attached hydrogens (primary N) is 2. The van der Waals surface area contributed by atoms with Gasteiger partial charge in [0.25, 0.3) is 11.8 Å². The number of rotatable bonds is 9. The summed E-state index contributed by atoms with van der Waals surface area (Å²) in [6.07, 6.45) is 8.70. The summed E-state index contributed by atoms with van der Waals surface area (Å²) in [5.74, 6) is -2.16. The molecule has 3 fully saturated rings. The smallest absolute Gasteiger partial charge is 0.272 e. The van der Waals surface area contributed by atoms with Gasteiger partial charge in [0.15, 0.2) is 0 Å². The van der Waals surface area contributed by atoms with E-state index in [1.165, 1.54) is 28.0 Å². The first-order valence-electron chi connectivity index (χ1n) is 21.7. The number of aromatic amines is 1. The van der Waals surface area contributed by atoms with Crippen molar-refractivity contribution in [1.29, 1.82) is 0 Å². The topological polar surface area (TPSA) is 237 Å². The first kappa shape index (κ1) is 43.4. The van der Waals surface area contributed by atoms with Gasteiger partial charge in [-0.2, -0.15) is 0 Å². The van der Waals surface area contributed by atoms with E-state index in [1.54, 1.807) is 24.9 Å². The van der Waals surface area contributed by atoms with E-state index in [0.717, 1.165) is 59.0 Å². The zero-order valence-electron chi connectivity index (χ0n) is 35.2. The van der Waals surface area contributed by atoms with Gasteiger partial charge in [0.2, 0.25) is 29.3 Å². The maximum absolute atomic E-state index is 15.0. The zero-order valence-corrected chi connectivity index (χ0v) is 36.9. The number of benzene rings is 1. The molecule has 6 amide bonds. The Bertz CT molecular complexity index is 2320. The second kappa shape index (κ2) is 17.9. The third-order valence-corrected chi connectivity index (χ3v) is 15.4. The second-order valence-electron chi connectivity index (χ2n) is 17.7. The number of carbonyl (C=O) groups excluding carboxylic acids is 6. The maximum atomic E-state index is 15.0. The van der Waals surface area contributed by atoms with Crippen molar-refractivity contribution >= 4 is 80.3 Å². The van der Waals surface area contributed by atoms with Crippen LogP contribution in [0.15, 0.2) is 51.9 Å². The molecular weight excluding hydrogens is 829 g/mol. The predicted octanol–water partition coefficient (Wildman–Crippen LogP) is 2.88. The van der Waals surface area contributed by atoms with Gasteiger partial charge in [-0.05, 0) is 80.5 Å². The van der Waals surface area contributed by atoms with Crippen molar-refractivity contribution in [3.05, 3.63) is 57.9 Å². The molecule has 5 aliphatic rings. The highest BCUT2D eigenvalue weighted by molar-refractivity contribution is 8.15. The Morgan fingerprint density at radius 1 is 0.984 bits per heavy atom. The number of carbonyl (C=O) groups is 6. The van der Waals surface area contributed by atoms with Crippen LogP contribution in [-0.4, -0.2) is 115 Å². The molecule has 6 heterocycles. The molecule has 18 heteroatoms. The molecular formula is C44H56N10O6S2. The van der Waals surface area contributed by atoms with E-state index in [1.807, 2.05) is 35.7 Å². The van der Waals surface area contributed by atoms with Crippen LogP contribution in [0.5, 0.6) is 0 Å². The largest absolute Gasteiger partial charge is 0.388 e. The summed E-state index contributed by atoms with van der Waals surface area (Å²) in [6, 6.07) is 5.40. The molecule has 0 unspecified atom stereocenters. The number of hydrogen-bond donors (Lipinski definition) is 6. The van der Waals surface area contributed by atoms with Gasteiger partial charge in [0.05, 0.1) is 10.7 Å². The van der Waals surface area contributed by atoms with Crippen LogP contribution in [0.1, 0.15) is 94.1 Å². The normalized spacial score (nSPS) is 29.0. The minimum Gasteiger partial charge on any atom is -0.388 e. The van der Waals surface area contributed by atoms with Gasteiger partial charge >= 0.3 is 0 Å². The number of fused-ring (bicyclic) bond motifs is 7. The van der Waals surface area contributed by atoms with Crippen LogP contribution in [0.4, 0.5) is 0 Å². The Kier molecular flexibility index (Phi) is 12.5. The number of aromatic nitrogens is 1. The van der Waals surface area contributed by atoms with Crippen LogP contribution in [0.2, 0.25) is 0 Å². The van der Waals surface area contributed by atoms with Crippen LogP contribution in [0.3, 0.4) is 0 Å². The summed E-state index contributed by atoms with van der Waals surface area (Å²) in [5, 5.41) is 12.4. The van der Waals surface area contributed by atoms with Crippen molar-refractivity contribution in [2.24, 2.45) is 27.4 Å². The average molecular weight is 885 g/mol. The first-order chi connectivity index (χ1) is 29.8. The predicted molar refractivity (Wildman–Crippen MR) is 239 cm³/mol. The number of amides is 6. The van der Waals surface area contributed by atoms with Crippen molar-refractivity contribution in [3.63, 3.8) is 0 Å².